The van der Waals surface area contributed by atoms with Gasteiger partial charge in [-0.05, 0) is 25.2 Å². The molecule has 0 spiro atoms. The van der Waals surface area contributed by atoms with Crippen molar-refractivity contribution in [3.05, 3.63) is 48.0 Å². The number of aromatic nitrogens is 2. The van der Waals surface area contributed by atoms with Gasteiger partial charge in [-0.1, -0.05) is 6.07 Å². The minimum Gasteiger partial charge on any atom is -0.465 e. The van der Waals surface area contributed by atoms with Crippen LogP contribution in [0.1, 0.15) is 10.4 Å². The van der Waals surface area contributed by atoms with Gasteiger partial charge in [0, 0.05) is 55.4 Å². The van der Waals surface area contributed by atoms with Crippen LogP contribution in [-0.2, 0) is 4.74 Å². The highest BCUT2D eigenvalue weighted by molar-refractivity contribution is 5.99. The predicted octanol–water partition coefficient (Wildman–Crippen LogP) is 2.91. The molecule has 6 nitrogen and oxygen atoms in total. The van der Waals surface area contributed by atoms with Crippen LogP contribution in [0.4, 0.5) is 10.1 Å². The van der Waals surface area contributed by atoms with E-state index in [1.165, 1.54) is 13.3 Å². The highest BCUT2D eigenvalue weighted by Crippen LogP contribution is 2.32. The topological polar surface area (TPSA) is 61.5 Å². The zero-order valence-electron chi connectivity index (χ0n) is 15.3. The lowest BCUT2D eigenvalue weighted by atomic mass is 9.98. The van der Waals surface area contributed by atoms with Crippen LogP contribution in [0.15, 0.2) is 36.7 Å². The molecule has 1 aromatic carbocycles. The molecule has 1 aliphatic rings. The van der Waals surface area contributed by atoms with Crippen molar-refractivity contribution in [1.82, 2.24) is 14.9 Å². The number of carbonyl (C=O) groups excluding carboxylic acids is 1. The van der Waals surface area contributed by atoms with Gasteiger partial charge in [-0.3, -0.25) is 0 Å². The van der Waals surface area contributed by atoms with E-state index in [4.69, 9.17) is 4.74 Å². The third-order valence-corrected chi connectivity index (χ3v) is 5.09. The fraction of sp³-hybridized carbons (Fsp3) is 0.300. The zero-order chi connectivity index (χ0) is 19.0. The number of fused-ring (bicyclic) bond motifs is 1. The van der Waals surface area contributed by atoms with Gasteiger partial charge >= 0.3 is 5.97 Å². The minimum atomic E-state index is -0.491. The van der Waals surface area contributed by atoms with Crippen molar-refractivity contribution >= 4 is 22.7 Å². The maximum Gasteiger partial charge on any atom is 0.338 e. The minimum absolute atomic E-state index is 0.285. The Hall–Kier alpha value is -2.93. The number of hydrogen-bond acceptors (Lipinski definition) is 5. The van der Waals surface area contributed by atoms with Gasteiger partial charge in [0.1, 0.15) is 11.5 Å². The number of methoxy groups -OCH3 is 1. The van der Waals surface area contributed by atoms with E-state index < -0.39 is 11.8 Å². The molecule has 1 saturated heterocycles. The monoisotopic (exact) mass is 368 g/mol. The van der Waals surface area contributed by atoms with Gasteiger partial charge < -0.3 is 19.5 Å². The third-order valence-electron chi connectivity index (χ3n) is 5.09. The summed E-state index contributed by atoms with van der Waals surface area (Å²) in [6, 6.07) is 7.12. The average Bonchev–Trinajstić information content (AvgIpc) is 3.18. The number of anilines is 1. The van der Waals surface area contributed by atoms with E-state index in [1.54, 1.807) is 24.4 Å². The van der Waals surface area contributed by atoms with Crippen LogP contribution in [0.25, 0.3) is 22.2 Å². The van der Waals surface area contributed by atoms with Crippen molar-refractivity contribution in [2.45, 2.75) is 0 Å². The molecule has 2 aromatic heterocycles. The molecule has 1 aliphatic heterocycles. The zero-order valence-corrected chi connectivity index (χ0v) is 15.3. The number of piperazine rings is 1. The van der Waals surface area contributed by atoms with Gasteiger partial charge in [-0.25, -0.2) is 14.2 Å². The molecule has 1 fully saturated rings. The summed E-state index contributed by atoms with van der Waals surface area (Å²) in [7, 11) is 3.42. The van der Waals surface area contributed by atoms with Crippen LogP contribution in [0, 0.1) is 5.82 Å². The second-order valence-electron chi connectivity index (χ2n) is 6.74. The van der Waals surface area contributed by atoms with Gasteiger partial charge in [-0.2, -0.15) is 0 Å². The summed E-state index contributed by atoms with van der Waals surface area (Å²) in [5.41, 5.74) is 2.51. The van der Waals surface area contributed by atoms with Gasteiger partial charge in [-0.15, -0.1) is 0 Å². The fourth-order valence-electron chi connectivity index (χ4n) is 3.47. The summed E-state index contributed by atoms with van der Waals surface area (Å²) in [4.78, 5) is 24.1. The number of benzene rings is 1. The van der Waals surface area contributed by atoms with Crippen LogP contribution < -0.4 is 4.90 Å². The van der Waals surface area contributed by atoms with Gasteiger partial charge in [0.25, 0.3) is 0 Å². The van der Waals surface area contributed by atoms with Crippen molar-refractivity contribution in [2.75, 3.05) is 45.2 Å². The molecule has 0 unspecified atom stereocenters. The van der Waals surface area contributed by atoms with Crippen molar-refractivity contribution in [3.63, 3.8) is 0 Å². The molecule has 140 valence electrons. The number of aromatic amines is 1. The Morgan fingerprint density at radius 2 is 1.96 bits per heavy atom. The molecule has 0 saturated carbocycles. The van der Waals surface area contributed by atoms with E-state index in [2.05, 4.69) is 26.8 Å². The summed E-state index contributed by atoms with van der Waals surface area (Å²) < 4.78 is 20.0. The summed E-state index contributed by atoms with van der Waals surface area (Å²) in [6.07, 6.45) is 3.09. The van der Waals surface area contributed by atoms with Crippen molar-refractivity contribution < 1.29 is 13.9 Å². The van der Waals surface area contributed by atoms with E-state index in [9.17, 15) is 4.79 Å². The number of carbonyl (C=O) groups is 1. The first-order chi connectivity index (χ1) is 13.1. The van der Waals surface area contributed by atoms with E-state index in [0.29, 0.717) is 22.2 Å². The summed E-state index contributed by atoms with van der Waals surface area (Å²) >= 11 is 0. The van der Waals surface area contributed by atoms with Crippen molar-refractivity contribution in [1.29, 1.82) is 0 Å². The largest absolute Gasteiger partial charge is 0.465 e. The standard InChI is InChI=1S/C20H21FN4O2/c1-24-7-9-25(10-8-24)13-3-4-14(16(11-13)20(26)27-2)17-12-23-19-15(18(17)21)5-6-22-19/h3-6,11-12H,7-10H2,1-2H3,(H,22,23). The Balaban J connectivity index is 1.79. The van der Waals surface area contributed by atoms with Gasteiger partial charge in [0.15, 0.2) is 0 Å². The molecule has 4 rings (SSSR count). The maximum absolute atomic E-state index is 15.0. The number of hydrogen-bond donors (Lipinski definition) is 1. The SMILES string of the molecule is COC(=O)c1cc(N2CCN(C)CC2)ccc1-c1cnc2[nH]ccc2c1F. The Morgan fingerprint density at radius 1 is 1.19 bits per heavy atom. The number of H-pyrrole nitrogens is 1. The van der Waals surface area contributed by atoms with E-state index >= 15 is 4.39 Å². The summed E-state index contributed by atoms with van der Waals surface area (Å²) in [5, 5.41) is 0.395. The number of nitrogens with one attached hydrogen (secondary N) is 1. The number of halogens is 1. The Kier molecular flexibility index (Phi) is 4.53. The quantitative estimate of drug-likeness (QED) is 0.721. The molecular weight excluding hydrogens is 347 g/mol. The van der Waals surface area contributed by atoms with Crippen molar-refractivity contribution in [2.24, 2.45) is 0 Å². The lowest BCUT2D eigenvalue weighted by molar-refractivity contribution is 0.0601. The van der Waals surface area contributed by atoms with E-state index in [0.717, 1.165) is 31.9 Å². The Morgan fingerprint density at radius 3 is 2.70 bits per heavy atom. The first kappa shape index (κ1) is 17.5. The molecule has 7 heteroatoms. The van der Waals surface area contributed by atoms with Crippen LogP contribution in [0.3, 0.4) is 0 Å². The third kappa shape index (κ3) is 3.14. The van der Waals surface area contributed by atoms with Crippen LogP contribution in [0.5, 0.6) is 0 Å². The normalized spacial score (nSPS) is 15.3. The van der Waals surface area contributed by atoms with Gasteiger partial charge in [0.05, 0.1) is 18.1 Å². The Labute approximate surface area is 156 Å². The van der Waals surface area contributed by atoms with Crippen LogP contribution in [-0.4, -0.2) is 61.2 Å². The van der Waals surface area contributed by atoms with E-state index in [1.807, 2.05) is 6.07 Å². The lowest BCUT2D eigenvalue weighted by Gasteiger charge is -2.34. The summed E-state index contributed by atoms with van der Waals surface area (Å²) in [6.45, 7) is 3.67. The van der Waals surface area contributed by atoms with Gasteiger partial charge in [0.2, 0.25) is 0 Å². The highest BCUT2D eigenvalue weighted by atomic mass is 19.1. The smallest absolute Gasteiger partial charge is 0.338 e. The molecule has 27 heavy (non-hydrogen) atoms. The lowest BCUT2D eigenvalue weighted by Crippen LogP contribution is -2.44. The van der Waals surface area contributed by atoms with E-state index in [-0.39, 0.29) is 5.56 Å². The number of likely N-dealkylation sites (N-methyl/N-ethyl adjacent to an activating group) is 1. The number of pyridine rings is 1. The predicted molar refractivity (Wildman–Crippen MR) is 103 cm³/mol. The maximum atomic E-state index is 15.0. The van der Waals surface area contributed by atoms with Crippen LogP contribution >= 0.6 is 0 Å². The average molecular weight is 368 g/mol. The molecule has 0 amide bonds. The first-order valence-corrected chi connectivity index (χ1v) is 8.86. The molecule has 1 N–H and O–H groups in total. The van der Waals surface area contributed by atoms with Crippen molar-refractivity contribution in [3.8, 4) is 11.1 Å². The first-order valence-electron chi connectivity index (χ1n) is 8.86. The molecule has 0 bridgehead atoms. The fourth-order valence-corrected chi connectivity index (χ4v) is 3.47. The molecule has 3 heterocycles. The number of esters is 1. The molecule has 3 aromatic rings. The number of ether oxygens (including phenoxy) is 1. The Bertz CT molecular complexity index is 993. The highest BCUT2D eigenvalue weighted by Gasteiger charge is 2.21. The molecule has 0 aliphatic carbocycles. The molecule has 0 radical (unpaired) electrons. The number of rotatable bonds is 3. The summed E-state index contributed by atoms with van der Waals surface area (Å²) in [5.74, 6) is -0.895. The molecular formula is C20H21FN4O2. The second-order valence-corrected chi connectivity index (χ2v) is 6.74. The second kappa shape index (κ2) is 7.00. The molecule has 0 atom stereocenters. The number of nitrogens with zero attached hydrogens (tertiary/aromatic N) is 3. The van der Waals surface area contributed by atoms with Crippen LogP contribution in [0.2, 0.25) is 0 Å².